The van der Waals surface area contributed by atoms with Gasteiger partial charge in [0, 0.05) is 56.6 Å². The Morgan fingerprint density at radius 3 is 1.41 bits per heavy atom. The van der Waals surface area contributed by atoms with Crippen LogP contribution >= 0.6 is 31.9 Å². The van der Waals surface area contributed by atoms with Gasteiger partial charge in [-0.1, -0.05) is 92.5 Å². The minimum absolute atomic E-state index is 0.00235. The van der Waals surface area contributed by atoms with Crippen molar-refractivity contribution in [1.82, 2.24) is 9.80 Å². The van der Waals surface area contributed by atoms with Crippen molar-refractivity contribution in [3.63, 3.8) is 0 Å². The van der Waals surface area contributed by atoms with Crippen LogP contribution in [0.4, 0.5) is 11.4 Å². The Hall–Kier alpha value is -3.30. The number of piperazine rings is 1. The van der Waals surface area contributed by atoms with Crippen molar-refractivity contribution in [2.24, 2.45) is 0 Å². The van der Waals surface area contributed by atoms with Gasteiger partial charge >= 0.3 is 0 Å². The first kappa shape index (κ1) is 28.9. The average molecular weight is 739 g/mol. The summed E-state index contributed by atoms with van der Waals surface area (Å²) in [5.74, 6) is 0.00470. The van der Waals surface area contributed by atoms with Gasteiger partial charge in [-0.05, 0) is 73.2 Å². The van der Waals surface area contributed by atoms with Crippen LogP contribution in [-0.4, -0.2) is 46.8 Å². The lowest BCUT2D eigenvalue weighted by molar-refractivity contribution is -0.180. The molecule has 8 heteroatoms. The van der Waals surface area contributed by atoms with Crippen molar-refractivity contribution in [3.05, 3.63) is 128 Å². The molecule has 2 spiro atoms. The zero-order chi connectivity index (χ0) is 31.2. The molecule has 0 N–H and O–H groups in total. The summed E-state index contributed by atoms with van der Waals surface area (Å²) in [6, 6.07) is 33.3. The Labute approximate surface area is 286 Å². The number of rotatable bonds is 4. The van der Waals surface area contributed by atoms with E-state index in [1.54, 1.807) is 0 Å². The van der Waals surface area contributed by atoms with E-state index in [0.29, 0.717) is 13.1 Å². The SMILES string of the molecule is O=C1N(Cc2ccccc2)c2ccc(Br)cc2[C@]12N1CCC[C@H]1[C@@H]1CCCN1[C@@]21C(=O)N(Cc2ccccc2)c2ccc(Br)cc21. The van der Waals surface area contributed by atoms with Crippen molar-refractivity contribution in [1.29, 1.82) is 0 Å². The molecule has 3 fully saturated rings. The fourth-order valence-electron chi connectivity index (χ4n) is 9.64. The summed E-state index contributed by atoms with van der Waals surface area (Å²) in [6.07, 6.45) is 4.08. The third kappa shape index (κ3) is 3.70. The molecular formula is C38H34Br2N4O2. The molecular weight excluding hydrogens is 704 g/mol. The molecule has 4 aromatic rings. The van der Waals surface area contributed by atoms with E-state index in [-0.39, 0.29) is 23.9 Å². The number of fused-ring (bicyclic) bond motifs is 10. The standard InChI is InChI=1S/C38H34Br2N4O2/c39-27-15-17-31-29(21-27)37(35(45)41(31)23-25-9-3-1-4-10-25)38(44-20-8-14-34(44)33-13-7-19-43(33)37)30-22-28(40)16-18-32(30)42(36(38)46)24-26-11-5-2-6-12-26/h1-6,9-12,15-18,21-22,33-34H,7-8,13-14,19-20,23-24H2/t33-,34-,37-,38-/m0/s1. The summed E-state index contributed by atoms with van der Waals surface area (Å²) >= 11 is 7.59. The topological polar surface area (TPSA) is 47.1 Å². The van der Waals surface area contributed by atoms with Crippen molar-refractivity contribution in [2.75, 3.05) is 22.9 Å². The van der Waals surface area contributed by atoms with Gasteiger partial charge < -0.3 is 9.80 Å². The predicted octanol–water partition coefficient (Wildman–Crippen LogP) is 7.34. The molecule has 3 saturated heterocycles. The molecule has 4 atom stereocenters. The van der Waals surface area contributed by atoms with E-state index >= 15 is 9.59 Å². The zero-order valence-electron chi connectivity index (χ0n) is 25.4. The van der Waals surface area contributed by atoms with Crippen LogP contribution < -0.4 is 9.80 Å². The first-order valence-electron chi connectivity index (χ1n) is 16.3. The molecule has 0 aliphatic carbocycles. The lowest BCUT2D eigenvalue weighted by atomic mass is 9.64. The first-order chi connectivity index (χ1) is 22.5. The van der Waals surface area contributed by atoms with E-state index in [0.717, 1.165) is 81.3 Å². The van der Waals surface area contributed by atoms with E-state index in [4.69, 9.17) is 0 Å². The van der Waals surface area contributed by atoms with Crippen molar-refractivity contribution >= 4 is 55.0 Å². The number of halogens is 2. The predicted molar refractivity (Wildman–Crippen MR) is 186 cm³/mol. The molecule has 6 nitrogen and oxygen atoms in total. The van der Waals surface area contributed by atoms with Gasteiger partial charge in [-0.2, -0.15) is 0 Å². The van der Waals surface area contributed by atoms with Gasteiger partial charge in [0.2, 0.25) is 0 Å². The van der Waals surface area contributed by atoms with Gasteiger partial charge in [0.25, 0.3) is 11.8 Å². The molecule has 0 unspecified atom stereocenters. The maximum absolute atomic E-state index is 15.9. The van der Waals surface area contributed by atoms with Gasteiger partial charge in [0.15, 0.2) is 11.1 Å². The third-order valence-electron chi connectivity index (χ3n) is 11.2. The van der Waals surface area contributed by atoms with Crippen LogP contribution in [0.3, 0.4) is 0 Å². The van der Waals surface area contributed by atoms with E-state index in [1.165, 1.54) is 0 Å². The summed E-state index contributed by atoms with van der Waals surface area (Å²) in [4.78, 5) is 40.7. The molecule has 5 aliphatic rings. The van der Waals surface area contributed by atoms with Crippen LogP contribution in [0.5, 0.6) is 0 Å². The largest absolute Gasteiger partial charge is 0.306 e. The summed E-state index contributed by atoms with van der Waals surface area (Å²) in [5.41, 5.74) is 3.31. The number of benzene rings is 4. The van der Waals surface area contributed by atoms with Crippen molar-refractivity contribution in [3.8, 4) is 0 Å². The highest BCUT2D eigenvalue weighted by Crippen LogP contribution is 2.67. The van der Waals surface area contributed by atoms with Gasteiger partial charge in [0.05, 0.1) is 13.1 Å². The molecule has 0 radical (unpaired) electrons. The second kappa shape index (κ2) is 10.6. The maximum atomic E-state index is 15.9. The lowest BCUT2D eigenvalue weighted by Gasteiger charge is -2.61. The monoisotopic (exact) mass is 736 g/mol. The van der Waals surface area contributed by atoms with E-state index in [1.807, 2.05) is 58.3 Å². The molecule has 5 aliphatic heterocycles. The molecule has 9 rings (SSSR count). The number of amides is 2. The molecule has 0 bridgehead atoms. The molecule has 46 heavy (non-hydrogen) atoms. The highest BCUT2D eigenvalue weighted by atomic mass is 79.9. The molecule has 232 valence electrons. The number of hydrogen-bond acceptors (Lipinski definition) is 4. The highest BCUT2D eigenvalue weighted by molar-refractivity contribution is 9.10. The summed E-state index contributed by atoms with van der Waals surface area (Å²) in [6.45, 7) is 2.45. The van der Waals surface area contributed by atoms with Gasteiger partial charge in [-0.3, -0.25) is 19.4 Å². The second-order valence-electron chi connectivity index (χ2n) is 13.3. The van der Waals surface area contributed by atoms with Crippen LogP contribution in [0.15, 0.2) is 106 Å². The minimum Gasteiger partial charge on any atom is -0.306 e. The number of carbonyl (C=O) groups excluding carboxylic acids is 2. The van der Waals surface area contributed by atoms with Gasteiger partial charge in [-0.25, -0.2) is 0 Å². The number of nitrogens with zero attached hydrogens (tertiary/aromatic N) is 4. The fourth-order valence-corrected chi connectivity index (χ4v) is 10.4. The van der Waals surface area contributed by atoms with E-state index in [2.05, 4.69) is 90.2 Å². The van der Waals surface area contributed by atoms with Gasteiger partial charge in [-0.15, -0.1) is 0 Å². The van der Waals surface area contributed by atoms with Crippen LogP contribution in [0.25, 0.3) is 0 Å². The van der Waals surface area contributed by atoms with Crippen LogP contribution in [0, 0.1) is 0 Å². The molecule has 4 aromatic carbocycles. The Morgan fingerprint density at radius 1 is 0.587 bits per heavy atom. The highest BCUT2D eigenvalue weighted by Gasteiger charge is 2.80. The lowest BCUT2D eigenvalue weighted by Crippen LogP contribution is -2.80. The second-order valence-corrected chi connectivity index (χ2v) is 15.1. The Morgan fingerprint density at radius 2 is 1.00 bits per heavy atom. The summed E-state index contributed by atoms with van der Waals surface area (Å²) in [5, 5.41) is 0. The molecule has 0 saturated carbocycles. The average Bonchev–Trinajstić information content (AvgIpc) is 3.84. The van der Waals surface area contributed by atoms with Gasteiger partial charge in [0.1, 0.15) is 0 Å². The Kier molecular flexibility index (Phi) is 6.66. The van der Waals surface area contributed by atoms with Crippen LogP contribution in [0.2, 0.25) is 0 Å². The molecule has 2 amide bonds. The van der Waals surface area contributed by atoms with Crippen molar-refractivity contribution < 1.29 is 9.59 Å². The molecule has 5 heterocycles. The number of hydrogen-bond donors (Lipinski definition) is 0. The van der Waals surface area contributed by atoms with E-state index < -0.39 is 11.1 Å². The van der Waals surface area contributed by atoms with Crippen LogP contribution in [-0.2, 0) is 33.8 Å². The Balaban J connectivity index is 1.35. The first-order valence-corrected chi connectivity index (χ1v) is 17.9. The summed E-state index contributed by atoms with van der Waals surface area (Å²) < 4.78 is 1.82. The summed E-state index contributed by atoms with van der Waals surface area (Å²) in [7, 11) is 0. The molecule has 0 aromatic heterocycles. The smallest absolute Gasteiger partial charge is 0.255 e. The Bertz CT molecular complexity index is 1750. The minimum atomic E-state index is -1.24. The quantitative estimate of drug-likeness (QED) is 0.220. The number of anilines is 2. The normalized spacial score (nSPS) is 28.3. The third-order valence-corrected chi connectivity index (χ3v) is 12.2. The zero-order valence-corrected chi connectivity index (χ0v) is 28.6. The number of carbonyl (C=O) groups is 2. The van der Waals surface area contributed by atoms with E-state index in [9.17, 15) is 0 Å². The van der Waals surface area contributed by atoms with Crippen molar-refractivity contribution in [2.45, 2.75) is 61.9 Å². The van der Waals surface area contributed by atoms with Crippen LogP contribution in [0.1, 0.15) is 47.9 Å². The maximum Gasteiger partial charge on any atom is 0.255 e. The fraction of sp³-hybridized carbons (Fsp3) is 0.316.